The Balaban J connectivity index is 4.81. The predicted molar refractivity (Wildman–Crippen MR) is 62.0 cm³/mol. The second-order valence-electron chi connectivity index (χ2n) is 2.96. The largest absolute Gasteiger partial charge is 0.469 e. The first-order valence-electron chi connectivity index (χ1n) is 4.30. The number of carbonyl (C=O) groups excluding carboxylic acids is 3. The van der Waals surface area contributed by atoms with Gasteiger partial charge in [-0.3, -0.25) is 14.4 Å². The van der Waals surface area contributed by atoms with Crippen LogP contribution >= 0.6 is 22.6 Å². The van der Waals surface area contributed by atoms with Crippen LogP contribution in [0.3, 0.4) is 0 Å². The fourth-order valence-electron chi connectivity index (χ4n) is 0.992. The molecule has 0 saturated carbocycles. The van der Waals surface area contributed by atoms with Gasteiger partial charge in [0.05, 0.1) is 34.2 Å². The van der Waals surface area contributed by atoms with Crippen LogP contribution in [0.25, 0.3) is 0 Å². The molecular weight excluding hydrogens is 331 g/mol. The smallest absolute Gasteiger partial charge is 0.322 e. The number of hydrogen-bond acceptors (Lipinski definition) is 6. The van der Waals surface area contributed by atoms with Crippen molar-refractivity contribution in [3.8, 4) is 0 Å². The molecule has 0 fully saturated rings. The lowest BCUT2D eigenvalue weighted by molar-refractivity contribution is -0.153. The standard InChI is InChI=1S/C9H13IO6/c1-14-6(11)4-9(10,8(13)16-3)5-7(12)15-2/h4-5H2,1-3H3. The Bertz CT molecular complexity index is 270. The lowest BCUT2D eigenvalue weighted by Crippen LogP contribution is -2.38. The summed E-state index contributed by atoms with van der Waals surface area (Å²) in [6, 6.07) is 0. The fourth-order valence-corrected chi connectivity index (χ4v) is 1.83. The summed E-state index contributed by atoms with van der Waals surface area (Å²) >= 11 is 1.70. The van der Waals surface area contributed by atoms with Crippen LogP contribution in [-0.4, -0.2) is 42.7 Å². The van der Waals surface area contributed by atoms with Crippen molar-refractivity contribution in [2.75, 3.05) is 21.3 Å². The van der Waals surface area contributed by atoms with E-state index in [0.29, 0.717) is 0 Å². The lowest BCUT2D eigenvalue weighted by atomic mass is 10.0. The zero-order valence-electron chi connectivity index (χ0n) is 9.24. The van der Waals surface area contributed by atoms with Gasteiger partial charge in [-0.15, -0.1) is 0 Å². The summed E-state index contributed by atoms with van der Waals surface area (Å²) in [7, 11) is 3.59. The minimum atomic E-state index is -1.29. The number of alkyl halides is 1. The molecule has 0 rings (SSSR count). The first-order chi connectivity index (χ1) is 7.39. The highest BCUT2D eigenvalue weighted by molar-refractivity contribution is 14.1. The van der Waals surface area contributed by atoms with Gasteiger partial charge >= 0.3 is 17.9 Å². The Morgan fingerprint density at radius 2 is 1.31 bits per heavy atom. The number of hydrogen-bond donors (Lipinski definition) is 0. The Morgan fingerprint density at radius 3 is 1.56 bits per heavy atom. The first kappa shape index (κ1) is 15.1. The number of esters is 3. The molecule has 0 aromatic heterocycles. The highest BCUT2D eigenvalue weighted by atomic mass is 127. The van der Waals surface area contributed by atoms with Gasteiger partial charge in [0.1, 0.15) is 3.42 Å². The topological polar surface area (TPSA) is 78.9 Å². The molecule has 0 aliphatic rings. The molecule has 92 valence electrons. The maximum absolute atomic E-state index is 11.5. The summed E-state index contributed by atoms with van der Waals surface area (Å²) in [5.41, 5.74) is 0. The first-order valence-corrected chi connectivity index (χ1v) is 5.38. The molecule has 0 amide bonds. The molecule has 0 aliphatic heterocycles. The molecule has 0 N–H and O–H groups in total. The minimum absolute atomic E-state index is 0.244. The highest BCUT2D eigenvalue weighted by Gasteiger charge is 2.42. The van der Waals surface area contributed by atoms with E-state index < -0.39 is 21.3 Å². The van der Waals surface area contributed by atoms with Gasteiger partial charge in [0.25, 0.3) is 0 Å². The van der Waals surface area contributed by atoms with Gasteiger partial charge in [-0.25, -0.2) is 0 Å². The van der Waals surface area contributed by atoms with Gasteiger partial charge in [0.15, 0.2) is 0 Å². The van der Waals surface area contributed by atoms with E-state index in [1.54, 1.807) is 22.6 Å². The molecule has 0 atom stereocenters. The molecular formula is C9H13IO6. The summed E-state index contributed by atoms with van der Waals surface area (Å²) in [6.07, 6.45) is -0.488. The number of ether oxygens (including phenoxy) is 3. The van der Waals surface area contributed by atoms with Crippen molar-refractivity contribution < 1.29 is 28.6 Å². The Kier molecular flexibility index (Phi) is 6.31. The van der Waals surface area contributed by atoms with E-state index in [-0.39, 0.29) is 12.8 Å². The van der Waals surface area contributed by atoms with Crippen LogP contribution in [-0.2, 0) is 28.6 Å². The maximum Gasteiger partial charge on any atom is 0.322 e. The molecule has 0 radical (unpaired) electrons. The molecule has 6 nitrogen and oxygen atoms in total. The summed E-state index contributed by atoms with van der Waals surface area (Å²) in [6.45, 7) is 0. The predicted octanol–water partition coefficient (Wildman–Crippen LogP) is 0.459. The summed E-state index contributed by atoms with van der Waals surface area (Å²) in [5.74, 6) is -1.85. The third-order valence-corrected chi connectivity index (χ3v) is 3.06. The summed E-state index contributed by atoms with van der Waals surface area (Å²) in [4.78, 5) is 33.8. The zero-order valence-corrected chi connectivity index (χ0v) is 11.4. The van der Waals surface area contributed by atoms with Gasteiger partial charge in [0.2, 0.25) is 0 Å². The van der Waals surface area contributed by atoms with Crippen LogP contribution < -0.4 is 0 Å². The van der Waals surface area contributed by atoms with E-state index in [1.165, 1.54) is 21.3 Å². The number of halogens is 1. The average molecular weight is 344 g/mol. The van der Waals surface area contributed by atoms with Gasteiger partial charge in [-0.2, -0.15) is 0 Å². The van der Waals surface area contributed by atoms with Gasteiger partial charge in [-0.1, -0.05) is 22.6 Å². The van der Waals surface area contributed by atoms with Crippen molar-refractivity contribution in [2.24, 2.45) is 0 Å². The van der Waals surface area contributed by atoms with E-state index in [2.05, 4.69) is 14.2 Å². The van der Waals surface area contributed by atoms with E-state index in [1.807, 2.05) is 0 Å². The normalized spacial score (nSPS) is 10.5. The molecule has 0 unspecified atom stereocenters. The lowest BCUT2D eigenvalue weighted by Gasteiger charge is -2.21. The van der Waals surface area contributed by atoms with Gasteiger partial charge in [-0.05, 0) is 0 Å². The van der Waals surface area contributed by atoms with Gasteiger partial charge < -0.3 is 14.2 Å². The average Bonchev–Trinajstić information content (AvgIpc) is 2.27. The second-order valence-corrected chi connectivity index (χ2v) is 5.03. The fraction of sp³-hybridized carbons (Fsp3) is 0.667. The Hall–Kier alpha value is -0.860. The molecule has 0 saturated heterocycles. The monoisotopic (exact) mass is 344 g/mol. The van der Waals surface area contributed by atoms with Crippen molar-refractivity contribution in [3.63, 3.8) is 0 Å². The molecule has 0 aliphatic carbocycles. The van der Waals surface area contributed by atoms with E-state index in [0.717, 1.165) is 0 Å². The molecule has 0 aromatic rings. The molecule has 16 heavy (non-hydrogen) atoms. The van der Waals surface area contributed by atoms with Crippen molar-refractivity contribution in [3.05, 3.63) is 0 Å². The van der Waals surface area contributed by atoms with E-state index >= 15 is 0 Å². The third-order valence-electron chi connectivity index (χ3n) is 1.86. The van der Waals surface area contributed by atoms with Crippen LogP contribution in [0, 0.1) is 0 Å². The van der Waals surface area contributed by atoms with Crippen molar-refractivity contribution in [2.45, 2.75) is 16.3 Å². The molecule has 0 bridgehead atoms. The Labute approximate surface area is 107 Å². The molecule has 0 heterocycles. The summed E-state index contributed by atoms with van der Waals surface area (Å²) < 4.78 is 12.2. The maximum atomic E-state index is 11.5. The molecule has 0 aromatic carbocycles. The van der Waals surface area contributed by atoms with Crippen molar-refractivity contribution in [1.29, 1.82) is 0 Å². The van der Waals surface area contributed by atoms with Crippen LogP contribution in [0.15, 0.2) is 0 Å². The van der Waals surface area contributed by atoms with Crippen molar-refractivity contribution in [1.82, 2.24) is 0 Å². The zero-order chi connectivity index (χ0) is 12.8. The van der Waals surface area contributed by atoms with Crippen LogP contribution in [0.1, 0.15) is 12.8 Å². The number of methoxy groups -OCH3 is 3. The Morgan fingerprint density at radius 1 is 0.938 bits per heavy atom. The van der Waals surface area contributed by atoms with Crippen LogP contribution in [0.2, 0.25) is 0 Å². The molecule has 7 heteroatoms. The molecule has 0 spiro atoms. The van der Waals surface area contributed by atoms with Crippen molar-refractivity contribution >= 4 is 40.5 Å². The van der Waals surface area contributed by atoms with Crippen LogP contribution in [0.5, 0.6) is 0 Å². The minimum Gasteiger partial charge on any atom is -0.469 e. The number of carbonyl (C=O) groups is 3. The highest BCUT2D eigenvalue weighted by Crippen LogP contribution is 2.30. The quantitative estimate of drug-likeness (QED) is 0.312. The van der Waals surface area contributed by atoms with E-state index in [4.69, 9.17) is 0 Å². The van der Waals surface area contributed by atoms with Gasteiger partial charge in [0, 0.05) is 0 Å². The SMILES string of the molecule is COC(=O)CC(I)(CC(=O)OC)C(=O)OC. The summed E-state index contributed by atoms with van der Waals surface area (Å²) in [5, 5.41) is 0. The number of rotatable bonds is 5. The van der Waals surface area contributed by atoms with E-state index in [9.17, 15) is 14.4 Å². The van der Waals surface area contributed by atoms with Crippen LogP contribution in [0.4, 0.5) is 0 Å². The third kappa shape index (κ3) is 4.33. The second kappa shape index (κ2) is 6.66.